The molecule has 4 rings (SSSR count). The number of ether oxygens (including phenoxy) is 2. The molecule has 0 saturated heterocycles. The molecule has 0 unspecified atom stereocenters. The number of thiophene rings is 1. The molecule has 2 aromatic heterocycles. The van der Waals surface area contributed by atoms with Gasteiger partial charge in [0.25, 0.3) is 5.91 Å². The van der Waals surface area contributed by atoms with E-state index in [0.29, 0.717) is 12.2 Å². The molecule has 0 aliphatic carbocycles. The third-order valence-electron chi connectivity index (χ3n) is 3.37. The van der Waals surface area contributed by atoms with Gasteiger partial charge in [-0.2, -0.15) is 0 Å². The zero-order valence-corrected chi connectivity index (χ0v) is 11.8. The first-order valence-electron chi connectivity index (χ1n) is 6.52. The fourth-order valence-corrected chi connectivity index (χ4v) is 3.08. The summed E-state index contributed by atoms with van der Waals surface area (Å²) in [5, 5.41) is 4.89. The van der Waals surface area contributed by atoms with E-state index in [9.17, 15) is 4.79 Å². The molecule has 1 aromatic carbocycles. The van der Waals surface area contributed by atoms with Crippen LogP contribution in [0.15, 0.2) is 35.7 Å². The Labute approximate surface area is 124 Å². The maximum atomic E-state index is 12.1. The minimum absolute atomic E-state index is 0.115. The van der Waals surface area contributed by atoms with Gasteiger partial charge in [-0.25, -0.2) is 0 Å². The number of rotatable bonds is 3. The van der Waals surface area contributed by atoms with E-state index in [4.69, 9.17) is 9.47 Å². The van der Waals surface area contributed by atoms with E-state index >= 15 is 0 Å². The maximum Gasteiger partial charge on any atom is 0.268 e. The molecule has 1 amide bonds. The van der Waals surface area contributed by atoms with E-state index in [1.807, 2.05) is 35.7 Å². The second kappa shape index (κ2) is 4.82. The van der Waals surface area contributed by atoms with Gasteiger partial charge < -0.3 is 19.8 Å². The second-order valence-electron chi connectivity index (χ2n) is 4.75. The fraction of sp³-hybridized carbons (Fsp3) is 0.133. The molecule has 3 heterocycles. The van der Waals surface area contributed by atoms with Gasteiger partial charge in [-0.1, -0.05) is 6.07 Å². The first kappa shape index (κ1) is 12.3. The summed E-state index contributed by atoms with van der Waals surface area (Å²) < 4.78 is 11.7. The van der Waals surface area contributed by atoms with E-state index in [-0.39, 0.29) is 12.7 Å². The molecule has 0 bridgehead atoms. The van der Waals surface area contributed by atoms with Crippen molar-refractivity contribution in [1.29, 1.82) is 0 Å². The average molecular weight is 300 g/mol. The largest absolute Gasteiger partial charge is 0.454 e. The summed E-state index contributed by atoms with van der Waals surface area (Å²) >= 11 is 1.61. The highest BCUT2D eigenvalue weighted by Crippen LogP contribution is 2.32. The van der Waals surface area contributed by atoms with Gasteiger partial charge in [-0.3, -0.25) is 4.79 Å². The predicted octanol–water partition coefficient (Wildman–Crippen LogP) is 2.89. The fourth-order valence-electron chi connectivity index (χ4n) is 2.30. The van der Waals surface area contributed by atoms with Gasteiger partial charge in [-0.15, -0.1) is 11.3 Å². The molecule has 0 spiro atoms. The highest BCUT2D eigenvalue weighted by Gasteiger charge is 2.14. The van der Waals surface area contributed by atoms with Crippen molar-refractivity contribution in [3.63, 3.8) is 0 Å². The highest BCUT2D eigenvalue weighted by molar-refractivity contribution is 7.17. The molecule has 0 saturated carbocycles. The van der Waals surface area contributed by atoms with Crippen LogP contribution in [0.2, 0.25) is 0 Å². The van der Waals surface area contributed by atoms with Gasteiger partial charge in [0, 0.05) is 6.54 Å². The van der Waals surface area contributed by atoms with Gasteiger partial charge in [0.15, 0.2) is 11.5 Å². The molecule has 0 atom stereocenters. The average Bonchev–Trinajstić information content (AvgIpc) is 3.18. The van der Waals surface area contributed by atoms with Crippen LogP contribution < -0.4 is 14.8 Å². The number of hydrogen-bond donors (Lipinski definition) is 2. The van der Waals surface area contributed by atoms with Gasteiger partial charge in [0.05, 0.1) is 10.2 Å². The lowest BCUT2D eigenvalue weighted by Gasteiger charge is -2.05. The van der Waals surface area contributed by atoms with E-state index in [1.54, 1.807) is 11.3 Å². The summed E-state index contributed by atoms with van der Waals surface area (Å²) in [5.74, 6) is 1.35. The van der Waals surface area contributed by atoms with Crippen LogP contribution in [0.25, 0.3) is 10.2 Å². The molecular weight excluding hydrogens is 288 g/mol. The molecule has 0 radical (unpaired) electrons. The van der Waals surface area contributed by atoms with Crippen molar-refractivity contribution in [3.8, 4) is 11.5 Å². The Morgan fingerprint density at radius 1 is 1.24 bits per heavy atom. The Kier molecular flexibility index (Phi) is 2.82. The molecule has 1 aliphatic rings. The number of fused-ring (bicyclic) bond motifs is 2. The summed E-state index contributed by atoms with van der Waals surface area (Å²) in [6.07, 6.45) is 0. The summed E-state index contributed by atoms with van der Waals surface area (Å²) in [6.45, 7) is 0.701. The quantitative estimate of drug-likeness (QED) is 0.782. The standard InChI is InChI=1S/C15H12N2O3S/c18-15(11-6-14-10(17-11)3-4-21-14)16-7-9-1-2-12-13(5-9)20-8-19-12/h1-6,17H,7-8H2,(H,16,18). The summed E-state index contributed by atoms with van der Waals surface area (Å²) in [4.78, 5) is 15.2. The number of aromatic amines is 1. The molecule has 0 fully saturated rings. The molecule has 5 nitrogen and oxygen atoms in total. The smallest absolute Gasteiger partial charge is 0.268 e. The molecular formula is C15H12N2O3S. The highest BCUT2D eigenvalue weighted by atomic mass is 32.1. The van der Waals surface area contributed by atoms with Crippen molar-refractivity contribution in [2.24, 2.45) is 0 Å². The minimum Gasteiger partial charge on any atom is -0.454 e. The second-order valence-corrected chi connectivity index (χ2v) is 5.70. The topological polar surface area (TPSA) is 63.4 Å². The van der Waals surface area contributed by atoms with E-state index in [2.05, 4.69) is 10.3 Å². The number of aromatic nitrogens is 1. The molecule has 21 heavy (non-hydrogen) atoms. The van der Waals surface area contributed by atoms with Gasteiger partial charge in [0.2, 0.25) is 6.79 Å². The molecule has 2 N–H and O–H groups in total. The van der Waals surface area contributed by atoms with Crippen molar-refractivity contribution >= 4 is 27.5 Å². The van der Waals surface area contributed by atoms with E-state index in [0.717, 1.165) is 27.3 Å². The normalized spacial score (nSPS) is 12.8. The van der Waals surface area contributed by atoms with Crippen molar-refractivity contribution in [2.75, 3.05) is 6.79 Å². The van der Waals surface area contributed by atoms with E-state index in [1.165, 1.54) is 0 Å². The summed E-state index contributed by atoms with van der Waals surface area (Å²) in [5.41, 5.74) is 2.55. The van der Waals surface area contributed by atoms with Crippen LogP contribution >= 0.6 is 11.3 Å². The van der Waals surface area contributed by atoms with Gasteiger partial charge >= 0.3 is 0 Å². The van der Waals surface area contributed by atoms with Crippen LogP contribution in [0.3, 0.4) is 0 Å². The Balaban J connectivity index is 1.46. The number of H-pyrrole nitrogens is 1. The number of hydrogen-bond acceptors (Lipinski definition) is 4. The van der Waals surface area contributed by atoms with Crippen molar-refractivity contribution in [3.05, 3.63) is 47.0 Å². The van der Waals surface area contributed by atoms with Gasteiger partial charge in [0.1, 0.15) is 5.69 Å². The van der Waals surface area contributed by atoms with Crippen molar-refractivity contribution in [1.82, 2.24) is 10.3 Å². The molecule has 106 valence electrons. The van der Waals surface area contributed by atoms with E-state index < -0.39 is 0 Å². The first-order valence-corrected chi connectivity index (χ1v) is 7.40. The van der Waals surface area contributed by atoms with Crippen LogP contribution in [0, 0.1) is 0 Å². The molecule has 1 aliphatic heterocycles. The molecule has 6 heteroatoms. The zero-order valence-electron chi connectivity index (χ0n) is 11.0. The van der Waals surface area contributed by atoms with Crippen molar-refractivity contribution < 1.29 is 14.3 Å². The third kappa shape index (κ3) is 2.23. The lowest BCUT2D eigenvalue weighted by atomic mass is 10.2. The number of carbonyl (C=O) groups is 1. The summed E-state index contributed by atoms with van der Waals surface area (Å²) in [7, 11) is 0. The maximum absolute atomic E-state index is 12.1. The Morgan fingerprint density at radius 3 is 3.05 bits per heavy atom. The Hall–Kier alpha value is -2.47. The lowest BCUT2D eigenvalue weighted by molar-refractivity contribution is 0.0946. The Bertz CT molecular complexity index is 793. The van der Waals surface area contributed by atoms with Gasteiger partial charge in [-0.05, 0) is 35.2 Å². The third-order valence-corrected chi connectivity index (χ3v) is 4.24. The zero-order chi connectivity index (χ0) is 14.2. The van der Waals surface area contributed by atoms with Crippen LogP contribution in [0.1, 0.15) is 16.1 Å². The first-order chi connectivity index (χ1) is 10.3. The number of amides is 1. The lowest BCUT2D eigenvalue weighted by Crippen LogP contribution is -2.23. The monoisotopic (exact) mass is 300 g/mol. The number of nitrogens with one attached hydrogen (secondary N) is 2. The predicted molar refractivity (Wildman–Crippen MR) is 79.9 cm³/mol. The molecule has 3 aromatic rings. The van der Waals surface area contributed by atoms with Crippen LogP contribution in [0.4, 0.5) is 0 Å². The van der Waals surface area contributed by atoms with Crippen LogP contribution in [-0.2, 0) is 6.54 Å². The van der Waals surface area contributed by atoms with Crippen LogP contribution in [0.5, 0.6) is 11.5 Å². The van der Waals surface area contributed by atoms with Crippen LogP contribution in [-0.4, -0.2) is 17.7 Å². The Morgan fingerprint density at radius 2 is 2.14 bits per heavy atom. The SMILES string of the molecule is O=C(NCc1ccc2c(c1)OCO2)c1cc2sccc2[nH]1. The summed E-state index contributed by atoms with van der Waals surface area (Å²) in [6, 6.07) is 9.50. The number of carbonyl (C=O) groups excluding carboxylic acids is 1. The number of benzene rings is 1. The minimum atomic E-state index is -0.115. The van der Waals surface area contributed by atoms with Crippen molar-refractivity contribution in [2.45, 2.75) is 6.54 Å².